The number of ether oxygens (including phenoxy) is 1. The van der Waals surface area contributed by atoms with Crippen molar-refractivity contribution in [2.75, 3.05) is 26.7 Å². The average molecular weight is 243 g/mol. The van der Waals surface area contributed by atoms with Gasteiger partial charge < -0.3 is 14.7 Å². The smallest absolute Gasteiger partial charge is 0.0900 e. The molecule has 0 aliphatic rings. The Morgan fingerprint density at radius 3 is 3.00 bits per heavy atom. The maximum atomic E-state index is 9.71. The normalized spacial score (nSPS) is 13.2. The van der Waals surface area contributed by atoms with Gasteiger partial charge in [0.1, 0.15) is 0 Å². The van der Waals surface area contributed by atoms with Crippen molar-refractivity contribution in [2.45, 2.75) is 26.1 Å². The van der Waals surface area contributed by atoms with Crippen molar-refractivity contribution in [1.29, 1.82) is 0 Å². The van der Waals surface area contributed by atoms with Crippen molar-refractivity contribution < 1.29 is 9.84 Å². The Labute approximate surface area is 102 Å². The summed E-state index contributed by atoms with van der Waals surface area (Å²) in [5, 5.41) is 11.7. The number of likely N-dealkylation sites (N-methyl/N-ethyl adjacent to an activating group) is 1. The molecule has 1 unspecified atom stereocenters. The zero-order valence-corrected chi connectivity index (χ0v) is 10.9. The second-order valence-corrected chi connectivity index (χ2v) is 5.04. The van der Waals surface area contributed by atoms with Gasteiger partial charge in [0.25, 0.3) is 0 Å². The minimum Gasteiger partial charge on any atom is -0.389 e. The van der Waals surface area contributed by atoms with Crippen LogP contribution in [-0.4, -0.2) is 42.9 Å². The van der Waals surface area contributed by atoms with Crippen molar-refractivity contribution in [3.05, 3.63) is 22.4 Å². The minimum absolute atomic E-state index is 0.392. The summed E-state index contributed by atoms with van der Waals surface area (Å²) < 4.78 is 5.45. The van der Waals surface area contributed by atoms with Crippen molar-refractivity contribution >= 4 is 11.3 Å². The summed E-state index contributed by atoms with van der Waals surface area (Å²) in [6.45, 7) is 4.84. The summed E-state index contributed by atoms with van der Waals surface area (Å²) in [5.74, 6) is 0. The Morgan fingerprint density at radius 2 is 2.38 bits per heavy atom. The summed E-state index contributed by atoms with van der Waals surface area (Å²) in [4.78, 5) is 3.33. The van der Waals surface area contributed by atoms with E-state index >= 15 is 0 Å². The molecule has 0 amide bonds. The topological polar surface area (TPSA) is 32.7 Å². The SMILES string of the molecule is CCCN(C)CC(O)COCc1cccs1. The molecule has 1 aromatic heterocycles. The van der Waals surface area contributed by atoms with Crippen LogP contribution in [-0.2, 0) is 11.3 Å². The Balaban J connectivity index is 2.08. The third-order valence-corrected chi connectivity index (χ3v) is 3.11. The van der Waals surface area contributed by atoms with E-state index in [1.54, 1.807) is 11.3 Å². The summed E-state index contributed by atoms with van der Waals surface area (Å²) in [6.07, 6.45) is 0.718. The molecule has 16 heavy (non-hydrogen) atoms. The van der Waals surface area contributed by atoms with Gasteiger partial charge in [-0.1, -0.05) is 13.0 Å². The lowest BCUT2D eigenvalue weighted by molar-refractivity contribution is 0.0146. The predicted octanol–water partition coefficient (Wildman–Crippen LogP) is 1.97. The standard InChI is InChI=1S/C12H21NO2S/c1-3-6-13(2)8-11(14)9-15-10-12-5-4-7-16-12/h4-5,7,11,14H,3,6,8-10H2,1-2H3. The van der Waals surface area contributed by atoms with Crippen LogP contribution >= 0.6 is 11.3 Å². The molecule has 0 bridgehead atoms. The highest BCUT2D eigenvalue weighted by Crippen LogP contribution is 2.09. The number of rotatable bonds is 8. The van der Waals surface area contributed by atoms with Crippen LogP contribution in [0.5, 0.6) is 0 Å². The molecule has 1 N–H and O–H groups in total. The van der Waals surface area contributed by atoms with Crippen molar-refractivity contribution in [2.24, 2.45) is 0 Å². The molecule has 0 aliphatic carbocycles. The van der Waals surface area contributed by atoms with Gasteiger partial charge in [0.15, 0.2) is 0 Å². The average Bonchev–Trinajstić information content (AvgIpc) is 2.70. The van der Waals surface area contributed by atoms with E-state index in [0.29, 0.717) is 19.8 Å². The molecule has 0 spiro atoms. The summed E-state index contributed by atoms with van der Waals surface area (Å²) >= 11 is 1.68. The fourth-order valence-corrected chi connectivity index (χ4v) is 2.22. The van der Waals surface area contributed by atoms with E-state index in [9.17, 15) is 5.11 Å². The number of nitrogens with zero attached hydrogens (tertiary/aromatic N) is 1. The van der Waals surface area contributed by atoms with Gasteiger partial charge in [-0.3, -0.25) is 0 Å². The van der Waals surface area contributed by atoms with Crippen LogP contribution in [0.2, 0.25) is 0 Å². The fourth-order valence-electron chi connectivity index (χ4n) is 1.58. The second kappa shape index (κ2) is 7.79. The van der Waals surface area contributed by atoms with Gasteiger partial charge in [-0.25, -0.2) is 0 Å². The Kier molecular flexibility index (Phi) is 6.64. The summed E-state index contributed by atoms with van der Waals surface area (Å²) in [6, 6.07) is 4.05. The van der Waals surface area contributed by atoms with Crippen LogP contribution in [0.25, 0.3) is 0 Å². The molecule has 0 aliphatic heterocycles. The summed E-state index contributed by atoms with van der Waals surface area (Å²) in [5.41, 5.74) is 0. The Hall–Kier alpha value is -0.420. The highest BCUT2D eigenvalue weighted by atomic mass is 32.1. The number of aliphatic hydroxyl groups excluding tert-OH is 1. The van der Waals surface area contributed by atoms with Crippen LogP contribution in [0.1, 0.15) is 18.2 Å². The van der Waals surface area contributed by atoms with Crippen molar-refractivity contribution in [3.8, 4) is 0 Å². The minimum atomic E-state index is -0.392. The van der Waals surface area contributed by atoms with E-state index in [1.807, 2.05) is 24.6 Å². The van der Waals surface area contributed by atoms with E-state index < -0.39 is 6.10 Å². The van der Waals surface area contributed by atoms with Crippen LogP contribution < -0.4 is 0 Å². The quantitative estimate of drug-likeness (QED) is 0.757. The maximum Gasteiger partial charge on any atom is 0.0900 e. The lowest BCUT2D eigenvalue weighted by atomic mass is 10.3. The predicted molar refractivity (Wildman–Crippen MR) is 67.8 cm³/mol. The fraction of sp³-hybridized carbons (Fsp3) is 0.667. The zero-order chi connectivity index (χ0) is 11.8. The van der Waals surface area contributed by atoms with Crippen LogP contribution in [0.15, 0.2) is 17.5 Å². The number of thiophene rings is 1. The molecule has 0 fully saturated rings. The van der Waals surface area contributed by atoms with Gasteiger partial charge in [-0.15, -0.1) is 11.3 Å². The first-order valence-electron chi connectivity index (χ1n) is 5.69. The summed E-state index contributed by atoms with van der Waals surface area (Å²) in [7, 11) is 2.02. The van der Waals surface area contributed by atoms with E-state index in [4.69, 9.17) is 4.74 Å². The van der Waals surface area contributed by atoms with E-state index in [2.05, 4.69) is 11.8 Å². The molecule has 1 rings (SSSR count). The number of hydrogen-bond acceptors (Lipinski definition) is 4. The zero-order valence-electron chi connectivity index (χ0n) is 10.1. The van der Waals surface area contributed by atoms with E-state index in [1.165, 1.54) is 4.88 Å². The largest absolute Gasteiger partial charge is 0.389 e. The molecule has 1 heterocycles. The molecule has 0 aromatic carbocycles. The first-order chi connectivity index (χ1) is 7.72. The van der Waals surface area contributed by atoms with Crippen LogP contribution in [0.4, 0.5) is 0 Å². The first-order valence-corrected chi connectivity index (χ1v) is 6.57. The van der Waals surface area contributed by atoms with Gasteiger partial charge in [-0.2, -0.15) is 0 Å². The Bertz CT molecular complexity index is 264. The molecule has 0 saturated heterocycles. The highest BCUT2D eigenvalue weighted by Gasteiger charge is 2.07. The molecular formula is C12H21NO2S. The lowest BCUT2D eigenvalue weighted by Crippen LogP contribution is -2.32. The van der Waals surface area contributed by atoms with Crippen molar-refractivity contribution in [1.82, 2.24) is 4.90 Å². The molecule has 1 atom stereocenters. The monoisotopic (exact) mass is 243 g/mol. The van der Waals surface area contributed by atoms with Crippen LogP contribution in [0.3, 0.4) is 0 Å². The molecule has 4 heteroatoms. The molecule has 0 radical (unpaired) electrons. The highest BCUT2D eigenvalue weighted by molar-refractivity contribution is 7.09. The molecular weight excluding hydrogens is 222 g/mol. The van der Waals surface area contributed by atoms with Gasteiger partial charge in [-0.05, 0) is 31.5 Å². The first kappa shape index (κ1) is 13.6. The van der Waals surface area contributed by atoms with Gasteiger partial charge in [0.05, 0.1) is 19.3 Å². The molecule has 1 aromatic rings. The van der Waals surface area contributed by atoms with Crippen molar-refractivity contribution in [3.63, 3.8) is 0 Å². The van der Waals surface area contributed by atoms with Gasteiger partial charge >= 0.3 is 0 Å². The van der Waals surface area contributed by atoms with E-state index in [-0.39, 0.29) is 0 Å². The number of aliphatic hydroxyl groups is 1. The molecule has 0 saturated carbocycles. The maximum absolute atomic E-state index is 9.71. The third kappa shape index (κ3) is 5.61. The second-order valence-electron chi connectivity index (χ2n) is 4.01. The van der Waals surface area contributed by atoms with Crippen LogP contribution in [0, 0.1) is 0 Å². The van der Waals surface area contributed by atoms with Gasteiger partial charge in [0.2, 0.25) is 0 Å². The third-order valence-electron chi connectivity index (χ3n) is 2.26. The number of hydrogen-bond donors (Lipinski definition) is 1. The lowest BCUT2D eigenvalue weighted by Gasteiger charge is -2.19. The molecule has 3 nitrogen and oxygen atoms in total. The Morgan fingerprint density at radius 1 is 1.56 bits per heavy atom. The molecule has 92 valence electrons. The van der Waals surface area contributed by atoms with E-state index in [0.717, 1.165) is 13.0 Å². The van der Waals surface area contributed by atoms with Gasteiger partial charge in [0, 0.05) is 11.4 Å².